The molecular weight excluding hydrogens is 232 g/mol. The van der Waals surface area contributed by atoms with Gasteiger partial charge < -0.3 is 10.2 Å². The number of aryl methyl sites for hydroxylation is 1. The smallest absolute Gasteiger partial charge is 0.0455 e. The number of nitrogens with one attached hydrogen (secondary N) is 1. The van der Waals surface area contributed by atoms with Gasteiger partial charge in [0, 0.05) is 35.4 Å². The maximum atomic E-state index is 6.20. The van der Waals surface area contributed by atoms with E-state index in [2.05, 4.69) is 49.2 Å². The molecule has 1 heterocycles. The highest BCUT2D eigenvalue weighted by molar-refractivity contribution is 6.31. The Morgan fingerprint density at radius 3 is 2.71 bits per heavy atom. The number of halogens is 1. The normalized spacial score (nSPS) is 23.8. The third-order valence-electron chi connectivity index (χ3n) is 3.24. The minimum absolute atomic E-state index is 0.148. The van der Waals surface area contributed by atoms with Crippen molar-refractivity contribution in [3.63, 3.8) is 0 Å². The van der Waals surface area contributed by atoms with Gasteiger partial charge in [0.1, 0.15) is 0 Å². The summed E-state index contributed by atoms with van der Waals surface area (Å²) in [6.07, 6.45) is 0. The van der Waals surface area contributed by atoms with Gasteiger partial charge in [0.15, 0.2) is 0 Å². The predicted octanol–water partition coefficient (Wildman–Crippen LogP) is 3.23. The zero-order chi connectivity index (χ0) is 12.6. The van der Waals surface area contributed by atoms with E-state index in [0.29, 0.717) is 6.04 Å². The third kappa shape index (κ3) is 2.93. The van der Waals surface area contributed by atoms with Gasteiger partial charge in [0.05, 0.1) is 0 Å². The van der Waals surface area contributed by atoms with Gasteiger partial charge in [0.2, 0.25) is 0 Å². The van der Waals surface area contributed by atoms with E-state index in [1.807, 2.05) is 6.92 Å². The molecule has 0 bridgehead atoms. The van der Waals surface area contributed by atoms with Crippen LogP contribution in [0.2, 0.25) is 5.02 Å². The van der Waals surface area contributed by atoms with E-state index < -0.39 is 0 Å². The molecule has 1 aliphatic rings. The third-order valence-corrected chi connectivity index (χ3v) is 3.65. The Balaban J connectivity index is 2.24. The highest BCUT2D eigenvalue weighted by Gasteiger charge is 2.29. The van der Waals surface area contributed by atoms with Gasteiger partial charge in [-0.2, -0.15) is 0 Å². The SMILES string of the molecule is Cc1ccc(N2CC(C)NC(C)(C)C2)cc1Cl. The summed E-state index contributed by atoms with van der Waals surface area (Å²) in [4.78, 5) is 2.41. The lowest BCUT2D eigenvalue weighted by molar-refractivity contribution is 0.301. The Morgan fingerprint density at radius 1 is 1.41 bits per heavy atom. The highest BCUT2D eigenvalue weighted by Crippen LogP contribution is 2.26. The molecule has 0 aromatic heterocycles. The van der Waals surface area contributed by atoms with E-state index in [0.717, 1.165) is 23.7 Å². The van der Waals surface area contributed by atoms with Crippen molar-refractivity contribution in [3.8, 4) is 0 Å². The van der Waals surface area contributed by atoms with Gasteiger partial charge in [0.25, 0.3) is 0 Å². The van der Waals surface area contributed by atoms with E-state index in [-0.39, 0.29) is 5.54 Å². The van der Waals surface area contributed by atoms with Crippen molar-refractivity contribution in [1.82, 2.24) is 5.32 Å². The number of rotatable bonds is 1. The van der Waals surface area contributed by atoms with Crippen LogP contribution in [0.25, 0.3) is 0 Å². The number of hydrogen-bond donors (Lipinski definition) is 1. The quantitative estimate of drug-likeness (QED) is 0.826. The van der Waals surface area contributed by atoms with Gasteiger partial charge in [-0.25, -0.2) is 0 Å². The molecule has 94 valence electrons. The van der Waals surface area contributed by atoms with Gasteiger partial charge in [-0.05, 0) is 45.4 Å². The van der Waals surface area contributed by atoms with Crippen molar-refractivity contribution in [3.05, 3.63) is 28.8 Å². The van der Waals surface area contributed by atoms with E-state index in [9.17, 15) is 0 Å². The molecule has 1 N–H and O–H groups in total. The summed E-state index contributed by atoms with van der Waals surface area (Å²) in [6.45, 7) is 10.8. The molecule has 0 saturated carbocycles. The van der Waals surface area contributed by atoms with Crippen molar-refractivity contribution < 1.29 is 0 Å². The lowest BCUT2D eigenvalue weighted by Gasteiger charge is -2.44. The van der Waals surface area contributed by atoms with Crippen molar-refractivity contribution in [1.29, 1.82) is 0 Å². The Labute approximate surface area is 109 Å². The standard InChI is InChI=1S/C14H21ClN2/c1-10-5-6-12(7-13(10)15)17-8-11(2)16-14(3,4)9-17/h5-7,11,16H,8-9H2,1-4H3. The number of piperazine rings is 1. The molecule has 3 heteroatoms. The first-order chi connectivity index (χ1) is 7.87. The molecule has 2 nitrogen and oxygen atoms in total. The fourth-order valence-corrected chi connectivity index (χ4v) is 2.78. The summed E-state index contributed by atoms with van der Waals surface area (Å²) in [5.74, 6) is 0. The summed E-state index contributed by atoms with van der Waals surface area (Å²) < 4.78 is 0. The summed E-state index contributed by atoms with van der Waals surface area (Å²) >= 11 is 6.20. The van der Waals surface area contributed by atoms with Crippen molar-refractivity contribution in [2.24, 2.45) is 0 Å². The van der Waals surface area contributed by atoms with Crippen molar-refractivity contribution in [2.75, 3.05) is 18.0 Å². The molecule has 1 unspecified atom stereocenters. The number of benzene rings is 1. The monoisotopic (exact) mass is 252 g/mol. The van der Waals surface area contributed by atoms with Crippen molar-refractivity contribution in [2.45, 2.75) is 39.3 Å². The molecule has 1 fully saturated rings. The molecule has 1 saturated heterocycles. The van der Waals surface area contributed by atoms with Crippen molar-refractivity contribution >= 4 is 17.3 Å². The van der Waals surface area contributed by atoms with Crippen LogP contribution in [0.5, 0.6) is 0 Å². The zero-order valence-corrected chi connectivity index (χ0v) is 11.8. The molecule has 0 spiro atoms. The first kappa shape index (κ1) is 12.7. The van der Waals surface area contributed by atoms with Crippen LogP contribution in [-0.2, 0) is 0 Å². The van der Waals surface area contributed by atoms with Crippen LogP contribution in [-0.4, -0.2) is 24.7 Å². The van der Waals surface area contributed by atoms with Gasteiger partial charge >= 0.3 is 0 Å². The second-order valence-corrected chi connectivity index (χ2v) is 6.15. The van der Waals surface area contributed by atoms with E-state index in [1.54, 1.807) is 0 Å². The summed E-state index contributed by atoms with van der Waals surface area (Å²) in [7, 11) is 0. The Hall–Kier alpha value is -0.730. The molecule has 1 atom stereocenters. The van der Waals surface area contributed by atoms with Gasteiger partial charge in [-0.3, -0.25) is 0 Å². The number of nitrogens with zero attached hydrogens (tertiary/aromatic N) is 1. The van der Waals surface area contributed by atoms with Crippen LogP contribution in [0.3, 0.4) is 0 Å². The van der Waals surface area contributed by atoms with Crippen LogP contribution in [0.15, 0.2) is 18.2 Å². The van der Waals surface area contributed by atoms with Gasteiger partial charge in [-0.15, -0.1) is 0 Å². The molecular formula is C14H21ClN2. The topological polar surface area (TPSA) is 15.3 Å². The minimum Gasteiger partial charge on any atom is -0.368 e. The first-order valence-corrected chi connectivity index (χ1v) is 6.54. The molecule has 0 radical (unpaired) electrons. The summed E-state index contributed by atoms with van der Waals surface area (Å²) in [5.41, 5.74) is 2.51. The van der Waals surface area contributed by atoms with E-state index >= 15 is 0 Å². The molecule has 1 aromatic rings. The number of hydrogen-bond acceptors (Lipinski definition) is 2. The molecule has 1 aromatic carbocycles. The molecule has 0 amide bonds. The summed E-state index contributed by atoms with van der Waals surface area (Å²) in [5, 5.41) is 4.46. The average Bonchev–Trinajstić information content (AvgIpc) is 2.19. The second kappa shape index (κ2) is 4.51. The van der Waals surface area contributed by atoms with Crippen LogP contribution < -0.4 is 10.2 Å². The fraction of sp³-hybridized carbons (Fsp3) is 0.571. The molecule has 17 heavy (non-hydrogen) atoms. The van der Waals surface area contributed by atoms with E-state index in [1.165, 1.54) is 5.69 Å². The fourth-order valence-electron chi connectivity index (χ4n) is 2.61. The van der Waals surface area contributed by atoms with Crippen LogP contribution in [0.4, 0.5) is 5.69 Å². The Morgan fingerprint density at radius 2 is 2.12 bits per heavy atom. The minimum atomic E-state index is 0.148. The van der Waals surface area contributed by atoms with Crippen LogP contribution in [0.1, 0.15) is 26.3 Å². The molecule has 2 rings (SSSR count). The first-order valence-electron chi connectivity index (χ1n) is 6.16. The van der Waals surface area contributed by atoms with E-state index in [4.69, 9.17) is 11.6 Å². The average molecular weight is 253 g/mol. The lowest BCUT2D eigenvalue weighted by Crippen LogP contribution is -2.61. The predicted molar refractivity (Wildman–Crippen MR) is 75.1 cm³/mol. The van der Waals surface area contributed by atoms with Gasteiger partial charge in [-0.1, -0.05) is 17.7 Å². The summed E-state index contributed by atoms with van der Waals surface area (Å²) in [6, 6.07) is 6.83. The second-order valence-electron chi connectivity index (χ2n) is 5.74. The lowest BCUT2D eigenvalue weighted by atomic mass is 9.98. The molecule has 0 aliphatic carbocycles. The highest BCUT2D eigenvalue weighted by atomic mass is 35.5. The maximum Gasteiger partial charge on any atom is 0.0455 e. The Bertz CT molecular complexity index is 415. The van der Waals surface area contributed by atoms with Crippen LogP contribution >= 0.6 is 11.6 Å². The maximum absolute atomic E-state index is 6.20. The largest absolute Gasteiger partial charge is 0.368 e. The Kier molecular flexibility index (Phi) is 3.37. The zero-order valence-electron chi connectivity index (χ0n) is 11.0. The number of anilines is 1. The van der Waals surface area contributed by atoms with Crippen LogP contribution in [0, 0.1) is 6.92 Å². The molecule has 1 aliphatic heterocycles.